The fraction of sp³-hybridized carbons (Fsp3) is 0.478. The van der Waals surface area contributed by atoms with Gasteiger partial charge in [0.15, 0.2) is 40.6 Å². The number of rotatable bonds is 17. The van der Waals surface area contributed by atoms with Crippen molar-refractivity contribution in [1.29, 1.82) is 0 Å². The van der Waals surface area contributed by atoms with Gasteiger partial charge in [-0.1, -0.05) is 32.4 Å². The van der Waals surface area contributed by atoms with Crippen molar-refractivity contribution in [2.45, 2.75) is 114 Å². The van der Waals surface area contributed by atoms with E-state index in [4.69, 9.17) is 38.0 Å². The molecule has 82 heavy (non-hydrogen) atoms. The van der Waals surface area contributed by atoms with Gasteiger partial charge in [0.2, 0.25) is 23.7 Å². The molecule has 9 rings (SSSR count). The van der Waals surface area contributed by atoms with Crippen molar-refractivity contribution in [3.63, 3.8) is 0 Å². The van der Waals surface area contributed by atoms with Gasteiger partial charge < -0.3 is 55.9 Å². The number of nitrogens with one attached hydrogen (secondary N) is 5. The normalized spacial score (nSPS) is 27.3. The molecule has 6 unspecified atom stereocenters. The Morgan fingerprint density at radius 1 is 0.780 bits per heavy atom. The van der Waals surface area contributed by atoms with Gasteiger partial charge in [0.05, 0.1) is 25.9 Å². The molecule has 4 aliphatic heterocycles. The third-order valence-corrected chi connectivity index (χ3v) is 15.3. The van der Waals surface area contributed by atoms with Crippen molar-refractivity contribution in [2.75, 3.05) is 36.1 Å². The highest BCUT2D eigenvalue weighted by Gasteiger charge is 2.54. The zero-order chi connectivity index (χ0) is 58.8. The second kappa shape index (κ2) is 24.6. The summed E-state index contributed by atoms with van der Waals surface area (Å²) in [4.78, 5) is 134. The van der Waals surface area contributed by atoms with Gasteiger partial charge in [-0.05, 0) is 43.4 Å². The number of hydrogen-bond donors (Lipinski definition) is 10. The SMILES string of the molecule is CC(C)[C@H](NC(=O)CCCCCN1C(=O)C=CC1=O)C(=O)N[C@@H](C)C(=O)Nc1ccc(COC(=O)Nc2ncnc3c2ncn3[C@@H]2O[C@@H]3COP(=O)(O)OC4C(O)[C@H](n5cnc6c(=O)[nH]c(N)nc65)O[C@@H]4COP(=O)(O)OC2C3O)cc1. The first-order valence-electron chi connectivity index (χ1n) is 25.3. The monoisotopic (exact) mass is 1190 g/mol. The number of ether oxygens (including phenoxy) is 3. The Hall–Kier alpha value is -7.46. The van der Waals surface area contributed by atoms with E-state index in [0.29, 0.717) is 30.5 Å². The molecule has 12 atom stereocenters. The minimum atomic E-state index is -5.28. The molecule has 1 aromatic carbocycles. The van der Waals surface area contributed by atoms with Crippen LogP contribution in [0.1, 0.15) is 64.5 Å². The number of aromatic nitrogens is 8. The number of nitrogen functional groups attached to an aromatic ring is 1. The van der Waals surface area contributed by atoms with Crippen molar-refractivity contribution in [1.82, 2.24) is 54.6 Å². The number of imidazole rings is 2. The van der Waals surface area contributed by atoms with Crippen molar-refractivity contribution in [3.05, 3.63) is 71.3 Å². The molecular formula is C46H56N14O20P2. The van der Waals surface area contributed by atoms with Crippen LogP contribution in [0.25, 0.3) is 22.3 Å². The third-order valence-electron chi connectivity index (χ3n) is 13.3. The second-order valence-electron chi connectivity index (χ2n) is 19.5. The van der Waals surface area contributed by atoms with Crippen LogP contribution >= 0.6 is 15.6 Å². The number of nitrogens with zero attached hydrogens (tertiary/aromatic N) is 8. The van der Waals surface area contributed by atoms with Crippen LogP contribution in [0.4, 0.5) is 22.2 Å². The van der Waals surface area contributed by atoms with E-state index < -0.39 is 113 Å². The number of anilines is 3. The third kappa shape index (κ3) is 13.4. The van der Waals surface area contributed by atoms with Crippen molar-refractivity contribution in [3.8, 4) is 0 Å². The van der Waals surface area contributed by atoms with Crippen molar-refractivity contribution in [2.24, 2.45) is 5.92 Å². The summed E-state index contributed by atoms with van der Waals surface area (Å²) in [5.74, 6) is -3.05. The predicted molar refractivity (Wildman–Crippen MR) is 277 cm³/mol. The Morgan fingerprint density at radius 3 is 2.12 bits per heavy atom. The lowest BCUT2D eigenvalue weighted by Gasteiger charge is -2.25. The number of imide groups is 1. The highest BCUT2D eigenvalue weighted by atomic mass is 31.2. The molecule has 440 valence electrons. The summed E-state index contributed by atoms with van der Waals surface area (Å²) in [5, 5.41) is 33.2. The van der Waals surface area contributed by atoms with E-state index in [2.05, 4.69) is 51.2 Å². The molecule has 0 spiro atoms. The molecule has 3 fully saturated rings. The zero-order valence-electron chi connectivity index (χ0n) is 43.6. The number of fused-ring (bicyclic) bond motifs is 5. The number of H-pyrrole nitrogens is 1. The minimum Gasteiger partial charge on any atom is -0.444 e. The maximum absolute atomic E-state index is 13.6. The van der Waals surface area contributed by atoms with E-state index in [9.17, 15) is 62.7 Å². The average Bonchev–Trinajstić information content (AvgIpc) is 3.15. The van der Waals surface area contributed by atoms with Gasteiger partial charge in [-0.25, -0.2) is 33.9 Å². The molecule has 11 N–H and O–H groups in total. The molecule has 8 heterocycles. The summed E-state index contributed by atoms with van der Waals surface area (Å²) in [6.07, 6.45) is -7.40. The summed E-state index contributed by atoms with van der Waals surface area (Å²) in [6.45, 7) is 3.08. The fourth-order valence-electron chi connectivity index (χ4n) is 9.12. The molecule has 0 radical (unpaired) electrons. The number of aromatic amines is 1. The van der Waals surface area contributed by atoms with Crippen LogP contribution in [0.2, 0.25) is 0 Å². The van der Waals surface area contributed by atoms with Crippen LogP contribution in [-0.4, -0.2) is 168 Å². The van der Waals surface area contributed by atoms with Gasteiger partial charge in [-0.2, -0.15) is 4.98 Å². The standard InChI is InChI=1S/C46H56N14O20P2/c1-21(2)30(54-27(61)7-5-4-6-14-58-28(62)12-13-29(58)63)41(67)52-22(3)40(66)53-24-10-8-23(9-11-24)15-74-46(69)55-37-31-38(49-18-48-37)59(19-50-31)44-36-33(64)25(77-44)16-75-81(70,71)79-35-26(17-76-82(72,73)80-36)78-43(34(35)65)60-20-51-32-39(60)56-45(47)57-42(32)68/h8-13,18-22,25-26,30,33-36,43-44,64-65H,4-7,14-17H2,1-3H3,(H,52,67)(H,53,66)(H,54,61)(H,70,71)(H,72,73)(H3,47,56,57,68)(H,48,49,55,69)/t22-,25+,26+,30-,33?,34?,35?,36?,43+,44+/m0/s1. The zero-order valence-corrected chi connectivity index (χ0v) is 45.4. The minimum absolute atomic E-state index is 0.0718. The van der Waals surface area contributed by atoms with Gasteiger partial charge in [0.25, 0.3) is 17.4 Å². The molecule has 2 bridgehead atoms. The summed E-state index contributed by atoms with van der Waals surface area (Å²) in [5.41, 5.74) is 5.29. The number of unbranched alkanes of at least 4 members (excludes halogenated alkanes) is 2. The van der Waals surface area contributed by atoms with Gasteiger partial charge in [0.1, 0.15) is 61.6 Å². The van der Waals surface area contributed by atoms with E-state index in [1.807, 2.05) is 0 Å². The lowest BCUT2D eigenvalue weighted by Crippen LogP contribution is -2.53. The number of carbonyl (C=O) groups excluding carboxylic acids is 6. The van der Waals surface area contributed by atoms with Crippen LogP contribution in [0.3, 0.4) is 0 Å². The topological polar surface area (TPSA) is 467 Å². The van der Waals surface area contributed by atoms with Gasteiger partial charge in [0, 0.05) is 30.8 Å². The molecule has 0 aliphatic carbocycles. The number of aliphatic hydroxyl groups excluding tert-OH is 2. The highest BCUT2D eigenvalue weighted by Crippen LogP contribution is 2.54. The molecule has 4 aromatic heterocycles. The number of phosphoric ester groups is 2. The number of hydrogen-bond acceptors (Lipinski definition) is 24. The van der Waals surface area contributed by atoms with E-state index in [-0.39, 0.29) is 77.3 Å². The first-order valence-corrected chi connectivity index (χ1v) is 28.3. The molecule has 34 nitrogen and oxygen atoms in total. The predicted octanol–water partition coefficient (Wildman–Crippen LogP) is -0.106. The smallest absolute Gasteiger partial charge is 0.444 e. The summed E-state index contributed by atoms with van der Waals surface area (Å²) >= 11 is 0. The van der Waals surface area contributed by atoms with E-state index in [1.54, 1.807) is 26.0 Å². The Morgan fingerprint density at radius 2 is 1.43 bits per heavy atom. The molecule has 4 aliphatic rings. The van der Waals surface area contributed by atoms with Crippen molar-refractivity contribution >= 4 is 91.1 Å². The molecule has 5 aromatic rings. The van der Waals surface area contributed by atoms with E-state index >= 15 is 0 Å². The van der Waals surface area contributed by atoms with E-state index in [1.165, 1.54) is 31.2 Å². The van der Waals surface area contributed by atoms with Crippen LogP contribution in [0.15, 0.2) is 60.2 Å². The second-order valence-corrected chi connectivity index (χ2v) is 22.3. The molecule has 6 amide bonds. The Labute approximate surface area is 462 Å². The van der Waals surface area contributed by atoms with Crippen LogP contribution in [0, 0.1) is 5.92 Å². The maximum Gasteiger partial charge on any atom is 0.472 e. The molecular weight excluding hydrogens is 1130 g/mol. The lowest BCUT2D eigenvalue weighted by atomic mass is 10.0. The van der Waals surface area contributed by atoms with Gasteiger partial charge in [-0.3, -0.25) is 71.2 Å². The largest absolute Gasteiger partial charge is 0.472 e. The Balaban J connectivity index is 0.772. The van der Waals surface area contributed by atoms with Crippen LogP contribution in [-0.2, 0) is 72.0 Å². The van der Waals surface area contributed by atoms with E-state index in [0.717, 1.165) is 33.0 Å². The van der Waals surface area contributed by atoms with Crippen LogP contribution in [0.5, 0.6) is 0 Å². The number of carbonyl (C=O) groups is 6. The lowest BCUT2D eigenvalue weighted by molar-refractivity contribution is -0.137. The molecule has 3 saturated heterocycles. The highest BCUT2D eigenvalue weighted by molar-refractivity contribution is 7.47. The Kier molecular flexibility index (Phi) is 17.7. The Bertz CT molecular complexity index is 3430. The summed E-state index contributed by atoms with van der Waals surface area (Å²) in [7, 11) is -10.5. The number of nitrogens with two attached hydrogens (primary N) is 1. The molecule has 36 heteroatoms. The number of phosphoric acid groups is 2. The maximum atomic E-state index is 13.6. The first kappa shape index (κ1) is 59.2. The number of amides is 6. The summed E-state index contributed by atoms with van der Waals surface area (Å²) < 4.78 is 67.7. The molecule has 0 saturated carbocycles. The first-order chi connectivity index (χ1) is 39.0. The number of aliphatic hydroxyl groups is 2. The number of benzene rings is 1. The van der Waals surface area contributed by atoms with Crippen LogP contribution < -0.4 is 32.6 Å². The van der Waals surface area contributed by atoms with Gasteiger partial charge in [-0.15, -0.1) is 0 Å². The quantitative estimate of drug-likeness (QED) is 0.0330. The average molecular weight is 1190 g/mol. The summed E-state index contributed by atoms with van der Waals surface area (Å²) in [6, 6.07) is 4.24. The fourth-order valence-corrected chi connectivity index (χ4v) is 11.0. The van der Waals surface area contributed by atoms with Crippen molar-refractivity contribution < 1.29 is 90.2 Å². The van der Waals surface area contributed by atoms with Gasteiger partial charge >= 0.3 is 21.7 Å².